The van der Waals surface area contributed by atoms with Crippen molar-refractivity contribution >= 4 is 46.3 Å². The summed E-state index contributed by atoms with van der Waals surface area (Å²) >= 11 is 7.51. The second-order valence-corrected chi connectivity index (χ2v) is 9.38. The second kappa shape index (κ2) is 9.79. The van der Waals surface area contributed by atoms with Crippen LogP contribution in [0.5, 0.6) is 0 Å². The fourth-order valence-corrected chi connectivity index (χ4v) is 5.07. The minimum atomic E-state index is -0.250. The van der Waals surface area contributed by atoms with E-state index >= 15 is 0 Å². The number of hydrogen-bond acceptors (Lipinski definition) is 7. The number of carbonyl (C=O) groups excluding carboxylic acids is 1. The van der Waals surface area contributed by atoms with E-state index in [1.165, 1.54) is 11.3 Å². The molecule has 0 radical (unpaired) electrons. The molecule has 0 spiro atoms. The lowest BCUT2D eigenvalue weighted by Crippen LogP contribution is -2.46. The van der Waals surface area contributed by atoms with Gasteiger partial charge in [-0.05, 0) is 31.2 Å². The lowest BCUT2D eigenvalue weighted by Gasteiger charge is -2.36. The van der Waals surface area contributed by atoms with Crippen molar-refractivity contribution in [1.82, 2.24) is 15.0 Å². The molecule has 5 rings (SSSR count). The van der Waals surface area contributed by atoms with Crippen LogP contribution in [0.3, 0.4) is 0 Å². The van der Waals surface area contributed by atoms with Crippen LogP contribution in [-0.2, 0) is 0 Å². The molecule has 1 aliphatic rings. The lowest BCUT2D eigenvalue weighted by molar-refractivity contribution is 0.102. The van der Waals surface area contributed by atoms with E-state index in [0.717, 1.165) is 53.3 Å². The monoisotopic (exact) mass is 490 g/mol. The maximum absolute atomic E-state index is 12.9. The number of halogens is 1. The summed E-state index contributed by atoms with van der Waals surface area (Å²) in [6.07, 6.45) is 1.68. The number of aryl methyl sites for hydroxylation is 1. The van der Waals surface area contributed by atoms with Crippen molar-refractivity contribution in [3.63, 3.8) is 0 Å². The molecule has 34 heavy (non-hydrogen) atoms. The van der Waals surface area contributed by atoms with Gasteiger partial charge >= 0.3 is 0 Å². The number of aromatic nitrogens is 3. The first-order valence-corrected chi connectivity index (χ1v) is 12.2. The minimum absolute atomic E-state index is 0.250. The number of nitrogens with zero attached hydrogens (tertiary/aromatic N) is 5. The van der Waals surface area contributed by atoms with Crippen LogP contribution in [0.4, 0.5) is 17.5 Å². The maximum Gasteiger partial charge on any atom is 0.270 e. The molecule has 7 nitrogen and oxygen atoms in total. The molecule has 172 valence electrons. The molecule has 1 saturated heterocycles. The number of nitrogens with one attached hydrogen (secondary N) is 1. The largest absolute Gasteiger partial charge is 0.368 e. The molecule has 4 aromatic rings. The maximum atomic E-state index is 12.9. The number of benzene rings is 2. The van der Waals surface area contributed by atoms with Gasteiger partial charge in [0.2, 0.25) is 5.95 Å². The first-order valence-electron chi connectivity index (χ1n) is 11.0. The molecule has 0 unspecified atom stereocenters. The van der Waals surface area contributed by atoms with Gasteiger partial charge in [-0.2, -0.15) is 4.98 Å². The van der Waals surface area contributed by atoms with Crippen LogP contribution in [0.25, 0.3) is 10.6 Å². The molecule has 0 atom stereocenters. The van der Waals surface area contributed by atoms with Gasteiger partial charge in [0.05, 0.1) is 5.69 Å². The topological polar surface area (TPSA) is 74.2 Å². The summed E-state index contributed by atoms with van der Waals surface area (Å²) in [5.41, 5.74) is 2.80. The lowest BCUT2D eigenvalue weighted by atomic mass is 10.2. The zero-order valence-electron chi connectivity index (χ0n) is 18.6. The number of carbonyl (C=O) groups is 1. The van der Waals surface area contributed by atoms with Gasteiger partial charge in [-0.15, -0.1) is 11.3 Å². The fourth-order valence-electron chi connectivity index (χ4n) is 3.92. The van der Waals surface area contributed by atoms with E-state index in [-0.39, 0.29) is 11.9 Å². The number of amides is 1. The van der Waals surface area contributed by atoms with Crippen LogP contribution >= 0.6 is 22.9 Å². The molecule has 3 heterocycles. The van der Waals surface area contributed by atoms with Gasteiger partial charge < -0.3 is 9.80 Å². The second-order valence-electron chi connectivity index (χ2n) is 7.95. The van der Waals surface area contributed by atoms with Crippen molar-refractivity contribution in [2.24, 2.45) is 0 Å². The number of piperazine rings is 1. The summed E-state index contributed by atoms with van der Waals surface area (Å²) in [4.78, 5) is 31.4. The number of rotatable bonds is 5. The zero-order valence-corrected chi connectivity index (χ0v) is 20.2. The van der Waals surface area contributed by atoms with Gasteiger partial charge in [0, 0.05) is 48.6 Å². The van der Waals surface area contributed by atoms with Crippen LogP contribution in [0, 0.1) is 6.92 Å². The Kier molecular flexibility index (Phi) is 6.42. The van der Waals surface area contributed by atoms with Crippen molar-refractivity contribution < 1.29 is 4.79 Å². The van der Waals surface area contributed by atoms with Gasteiger partial charge in [0.25, 0.3) is 5.91 Å². The highest BCUT2D eigenvalue weighted by Crippen LogP contribution is 2.28. The van der Waals surface area contributed by atoms with E-state index in [0.29, 0.717) is 10.6 Å². The first-order chi connectivity index (χ1) is 16.6. The average molecular weight is 491 g/mol. The van der Waals surface area contributed by atoms with E-state index in [9.17, 15) is 4.79 Å². The number of anilines is 3. The molecular formula is C25H23ClN6OS. The molecule has 2 aromatic carbocycles. The zero-order chi connectivity index (χ0) is 23.5. The summed E-state index contributed by atoms with van der Waals surface area (Å²) < 4.78 is 0. The van der Waals surface area contributed by atoms with Gasteiger partial charge in [-0.1, -0.05) is 48.0 Å². The Morgan fingerprint density at radius 1 is 0.971 bits per heavy atom. The molecule has 1 aliphatic heterocycles. The van der Waals surface area contributed by atoms with Crippen molar-refractivity contribution in [1.29, 1.82) is 0 Å². The summed E-state index contributed by atoms with van der Waals surface area (Å²) in [6, 6.07) is 19.6. The summed E-state index contributed by atoms with van der Waals surface area (Å²) in [5, 5.41) is 4.40. The Morgan fingerprint density at radius 3 is 2.50 bits per heavy atom. The SMILES string of the molecule is Cc1nc(-c2ccccc2)sc1C(=O)Nc1nccc(N2CCN(c3cccc(Cl)c3)CC2)n1. The van der Waals surface area contributed by atoms with E-state index in [1.54, 1.807) is 6.20 Å². The highest BCUT2D eigenvalue weighted by atomic mass is 35.5. The molecule has 1 N–H and O–H groups in total. The molecular weight excluding hydrogens is 468 g/mol. The van der Waals surface area contributed by atoms with Crippen molar-refractivity contribution in [3.8, 4) is 10.6 Å². The Bertz CT molecular complexity index is 1300. The summed E-state index contributed by atoms with van der Waals surface area (Å²) in [6.45, 7) is 5.17. The van der Waals surface area contributed by atoms with E-state index in [1.807, 2.05) is 61.5 Å². The van der Waals surface area contributed by atoms with E-state index in [2.05, 4.69) is 36.1 Å². The van der Waals surface area contributed by atoms with Gasteiger partial charge in [-0.3, -0.25) is 10.1 Å². The average Bonchev–Trinajstić information content (AvgIpc) is 3.27. The Hall–Kier alpha value is -3.49. The Morgan fingerprint density at radius 2 is 1.74 bits per heavy atom. The summed E-state index contributed by atoms with van der Waals surface area (Å²) in [5.74, 6) is 0.830. The standard InChI is InChI=1S/C25H23ClN6OS/c1-17-22(34-24(28-17)18-6-3-2-4-7-18)23(33)30-25-27-11-10-21(29-25)32-14-12-31(13-15-32)20-9-5-8-19(26)16-20/h2-11,16H,12-15H2,1H3,(H,27,29,30,33). The normalized spacial score (nSPS) is 13.7. The van der Waals surface area contributed by atoms with Crippen LogP contribution in [0.15, 0.2) is 66.9 Å². The molecule has 2 aromatic heterocycles. The quantitative estimate of drug-likeness (QED) is 0.417. The smallest absolute Gasteiger partial charge is 0.270 e. The highest BCUT2D eigenvalue weighted by molar-refractivity contribution is 7.17. The van der Waals surface area contributed by atoms with Crippen LogP contribution in [0.2, 0.25) is 5.02 Å². The van der Waals surface area contributed by atoms with Crippen LogP contribution in [-0.4, -0.2) is 47.0 Å². The molecule has 1 fully saturated rings. The fraction of sp³-hybridized carbons (Fsp3) is 0.200. The van der Waals surface area contributed by atoms with Crippen LogP contribution < -0.4 is 15.1 Å². The van der Waals surface area contributed by atoms with Gasteiger partial charge in [-0.25, -0.2) is 9.97 Å². The van der Waals surface area contributed by atoms with Crippen LogP contribution in [0.1, 0.15) is 15.4 Å². The third-order valence-corrected chi connectivity index (χ3v) is 7.11. The summed E-state index contributed by atoms with van der Waals surface area (Å²) in [7, 11) is 0. The molecule has 1 amide bonds. The minimum Gasteiger partial charge on any atom is -0.368 e. The third-order valence-electron chi connectivity index (χ3n) is 5.67. The van der Waals surface area contributed by atoms with Crippen molar-refractivity contribution in [3.05, 3.63) is 82.5 Å². The molecule has 0 bridgehead atoms. The van der Waals surface area contributed by atoms with Gasteiger partial charge in [0.15, 0.2) is 0 Å². The number of hydrogen-bond donors (Lipinski definition) is 1. The Labute approximate surface area is 207 Å². The van der Waals surface area contributed by atoms with Crippen molar-refractivity contribution in [2.45, 2.75) is 6.92 Å². The molecule has 0 aliphatic carbocycles. The third kappa shape index (κ3) is 4.88. The highest BCUT2D eigenvalue weighted by Gasteiger charge is 2.21. The van der Waals surface area contributed by atoms with E-state index < -0.39 is 0 Å². The van der Waals surface area contributed by atoms with E-state index in [4.69, 9.17) is 11.6 Å². The number of thiazole rings is 1. The van der Waals surface area contributed by atoms with Gasteiger partial charge in [0.1, 0.15) is 15.7 Å². The molecule has 0 saturated carbocycles. The predicted molar refractivity (Wildman–Crippen MR) is 138 cm³/mol. The van der Waals surface area contributed by atoms with Crippen molar-refractivity contribution in [2.75, 3.05) is 41.3 Å². The first kappa shape index (κ1) is 22.3. The molecule has 9 heteroatoms. The Balaban J connectivity index is 1.25. The predicted octanol–water partition coefficient (Wildman–Crippen LogP) is 5.14.